The number of nitrogens with two attached hydrogens (primary N) is 1. The summed E-state index contributed by atoms with van der Waals surface area (Å²) in [6.45, 7) is 9.96. The largest absolute Gasteiger partial charge is 0.330 e. The van der Waals surface area contributed by atoms with Gasteiger partial charge in [-0.2, -0.15) is 0 Å². The molecule has 0 spiro atoms. The minimum atomic E-state index is 0.205. The lowest BCUT2D eigenvalue weighted by Crippen LogP contribution is -2.49. The van der Waals surface area contributed by atoms with E-state index in [1.165, 1.54) is 43.5 Å². The van der Waals surface area contributed by atoms with Crippen LogP contribution < -0.4 is 5.73 Å². The fraction of sp³-hybridized carbons (Fsp3) is 0.667. The van der Waals surface area contributed by atoms with Gasteiger partial charge in [0.05, 0.1) is 0 Å². The number of likely N-dealkylation sites (tertiary alicyclic amines) is 1. The zero-order valence-electron chi connectivity index (χ0n) is 13.4. The summed E-state index contributed by atoms with van der Waals surface area (Å²) in [7, 11) is 0. The zero-order chi connectivity index (χ0) is 14.6. The summed E-state index contributed by atoms with van der Waals surface area (Å²) in [5, 5.41) is 0. The molecule has 2 rings (SSSR count). The molecular weight excluding hydrogens is 244 g/mol. The summed E-state index contributed by atoms with van der Waals surface area (Å²) in [5.41, 5.74) is 9.24. The smallest absolute Gasteiger partial charge is 0.00998 e. The summed E-state index contributed by atoms with van der Waals surface area (Å²) in [5.74, 6) is 0. The highest BCUT2D eigenvalue weighted by Crippen LogP contribution is 2.35. The molecule has 1 fully saturated rings. The molecule has 1 aliphatic rings. The molecule has 1 saturated heterocycles. The fourth-order valence-corrected chi connectivity index (χ4v) is 3.36. The average Bonchev–Trinajstić information content (AvgIpc) is 2.54. The quantitative estimate of drug-likeness (QED) is 0.892. The van der Waals surface area contributed by atoms with E-state index in [1.54, 1.807) is 0 Å². The van der Waals surface area contributed by atoms with Crippen LogP contribution in [0.4, 0.5) is 0 Å². The van der Waals surface area contributed by atoms with Gasteiger partial charge in [0.1, 0.15) is 0 Å². The molecule has 0 aromatic heterocycles. The molecule has 0 bridgehead atoms. The number of nitrogens with zero attached hydrogens (tertiary/aromatic N) is 1. The van der Waals surface area contributed by atoms with Crippen molar-refractivity contribution in [3.8, 4) is 0 Å². The minimum Gasteiger partial charge on any atom is -0.330 e. The van der Waals surface area contributed by atoms with Gasteiger partial charge in [-0.15, -0.1) is 0 Å². The molecule has 1 aliphatic heterocycles. The van der Waals surface area contributed by atoms with Gasteiger partial charge in [-0.25, -0.2) is 0 Å². The first-order valence-electron chi connectivity index (χ1n) is 8.18. The third-order valence-corrected chi connectivity index (χ3v) is 5.33. The molecule has 1 unspecified atom stereocenters. The lowest BCUT2D eigenvalue weighted by molar-refractivity contribution is 0.122. The Morgan fingerprint density at radius 3 is 2.20 bits per heavy atom. The Morgan fingerprint density at radius 2 is 1.75 bits per heavy atom. The molecule has 0 saturated carbocycles. The molecule has 1 aromatic carbocycles. The normalized spacial score (nSPS) is 20.8. The molecule has 1 aromatic rings. The van der Waals surface area contributed by atoms with Crippen LogP contribution in [0.5, 0.6) is 0 Å². The van der Waals surface area contributed by atoms with Gasteiger partial charge in [-0.05, 0) is 56.8 Å². The monoisotopic (exact) mass is 274 g/mol. The van der Waals surface area contributed by atoms with E-state index in [0.717, 1.165) is 13.0 Å². The molecule has 0 amide bonds. The molecule has 20 heavy (non-hydrogen) atoms. The second-order valence-electron chi connectivity index (χ2n) is 6.33. The predicted molar refractivity (Wildman–Crippen MR) is 87.1 cm³/mol. The van der Waals surface area contributed by atoms with E-state index in [4.69, 9.17) is 5.73 Å². The first kappa shape index (κ1) is 15.5. The molecule has 112 valence electrons. The van der Waals surface area contributed by atoms with Crippen LogP contribution in [-0.2, 0) is 11.8 Å². The number of piperidine rings is 1. The number of benzene rings is 1. The van der Waals surface area contributed by atoms with Crippen LogP contribution in [0.15, 0.2) is 24.3 Å². The first-order chi connectivity index (χ1) is 9.65. The molecule has 1 heterocycles. The van der Waals surface area contributed by atoms with Gasteiger partial charge in [0.2, 0.25) is 0 Å². The van der Waals surface area contributed by atoms with Crippen molar-refractivity contribution in [1.29, 1.82) is 0 Å². The van der Waals surface area contributed by atoms with E-state index in [9.17, 15) is 0 Å². The topological polar surface area (TPSA) is 29.3 Å². The van der Waals surface area contributed by atoms with Crippen LogP contribution >= 0.6 is 0 Å². The van der Waals surface area contributed by atoms with Gasteiger partial charge in [0.15, 0.2) is 0 Å². The van der Waals surface area contributed by atoms with Crippen molar-refractivity contribution in [3.05, 3.63) is 35.4 Å². The molecule has 2 heteroatoms. The van der Waals surface area contributed by atoms with Crippen molar-refractivity contribution in [1.82, 2.24) is 4.90 Å². The van der Waals surface area contributed by atoms with Crippen molar-refractivity contribution < 1.29 is 0 Å². The molecule has 0 radical (unpaired) electrons. The van der Waals surface area contributed by atoms with Crippen LogP contribution in [-0.4, -0.2) is 30.6 Å². The highest BCUT2D eigenvalue weighted by molar-refractivity contribution is 5.30. The van der Waals surface area contributed by atoms with Crippen LogP contribution in [0.25, 0.3) is 0 Å². The van der Waals surface area contributed by atoms with Gasteiger partial charge in [-0.3, -0.25) is 0 Å². The highest BCUT2D eigenvalue weighted by Gasteiger charge is 2.35. The van der Waals surface area contributed by atoms with E-state index < -0.39 is 0 Å². The minimum absolute atomic E-state index is 0.205. The Morgan fingerprint density at radius 1 is 1.15 bits per heavy atom. The molecule has 2 N–H and O–H groups in total. The highest BCUT2D eigenvalue weighted by atomic mass is 15.2. The summed E-state index contributed by atoms with van der Waals surface area (Å²) < 4.78 is 0. The number of hydrogen-bond acceptors (Lipinski definition) is 2. The van der Waals surface area contributed by atoms with Gasteiger partial charge in [0.25, 0.3) is 0 Å². The Kier molecular flexibility index (Phi) is 5.22. The summed E-state index contributed by atoms with van der Waals surface area (Å²) in [4.78, 5) is 2.62. The van der Waals surface area contributed by atoms with E-state index in [0.29, 0.717) is 6.04 Å². The van der Waals surface area contributed by atoms with Crippen molar-refractivity contribution in [3.63, 3.8) is 0 Å². The standard InChI is InChI=1S/C18H30N2/c1-4-15(3)20-12-10-18(14-19,11-13-20)17-8-6-16(5-2)7-9-17/h6-9,15H,4-5,10-14,19H2,1-3H3. The summed E-state index contributed by atoms with van der Waals surface area (Å²) in [6, 6.07) is 9.87. The van der Waals surface area contributed by atoms with Crippen LogP contribution in [0.1, 0.15) is 51.2 Å². The van der Waals surface area contributed by atoms with Gasteiger partial charge < -0.3 is 10.6 Å². The van der Waals surface area contributed by atoms with Gasteiger partial charge >= 0.3 is 0 Å². The number of rotatable bonds is 5. The third kappa shape index (κ3) is 3.07. The van der Waals surface area contributed by atoms with E-state index >= 15 is 0 Å². The second-order valence-corrected chi connectivity index (χ2v) is 6.33. The maximum Gasteiger partial charge on any atom is 0.00998 e. The van der Waals surface area contributed by atoms with Crippen molar-refractivity contribution in [2.24, 2.45) is 5.73 Å². The maximum atomic E-state index is 6.18. The van der Waals surface area contributed by atoms with E-state index in [1.807, 2.05) is 0 Å². The van der Waals surface area contributed by atoms with E-state index in [2.05, 4.69) is 49.9 Å². The fourth-order valence-electron chi connectivity index (χ4n) is 3.36. The first-order valence-corrected chi connectivity index (χ1v) is 8.18. The lowest BCUT2D eigenvalue weighted by Gasteiger charge is -2.43. The summed E-state index contributed by atoms with van der Waals surface area (Å²) >= 11 is 0. The van der Waals surface area contributed by atoms with Crippen LogP contribution in [0, 0.1) is 0 Å². The molecule has 0 aliphatic carbocycles. The Bertz CT molecular complexity index is 402. The van der Waals surface area contributed by atoms with Crippen LogP contribution in [0.2, 0.25) is 0 Å². The van der Waals surface area contributed by atoms with Crippen molar-refractivity contribution in [2.75, 3.05) is 19.6 Å². The number of hydrogen-bond donors (Lipinski definition) is 1. The predicted octanol–water partition coefficient (Wildman–Crippen LogP) is 3.34. The molecular formula is C18H30N2. The van der Waals surface area contributed by atoms with Gasteiger partial charge in [0, 0.05) is 18.0 Å². The maximum absolute atomic E-state index is 6.18. The van der Waals surface area contributed by atoms with E-state index in [-0.39, 0.29) is 5.41 Å². The molecule has 2 nitrogen and oxygen atoms in total. The van der Waals surface area contributed by atoms with Crippen LogP contribution in [0.3, 0.4) is 0 Å². The van der Waals surface area contributed by atoms with Crippen molar-refractivity contribution in [2.45, 2.75) is 57.9 Å². The SMILES string of the molecule is CCc1ccc(C2(CN)CCN(C(C)CC)CC2)cc1. The van der Waals surface area contributed by atoms with Gasteiger partial charge in [-0.1, -0.05) is 38.1 Å². The Labute approximate surface area is 124 Å². The number of aryl methyl sites for hydroxylation is 1. The Balaban J connectivity index is 2.11. The molecule has 1 atom stereocenters. The lowest BCUT2D eigenvalue weighted by atomic mass is 9.72. The third-order valence-electron chi connectivity index (χ3n) is 5.33. The zero-order valence-corrected chi connectivity index (χ0v) is 13.4. The summed E-state index contributed by atoms with van der Waals surface area (Å²) in [6.07, 6.45) is 4.73. The second kappa shape index (κ2) is 6.73. The Hall–Kier alpha value is -0.860. The average molecular weight is 274 g/mol. The van der Waals surface area contributed by atoms with Crippen molar-refractivity contribution >= 4 is 0 Å².